The second-order valence-electron chi connectivity index (χ2n) is 7.46. The molecule has 9 heteroatoms. The smallest absolute Gasteiger partial charge is 0.445 e. The number of benzene rings is 3. The number of nitrogens with one attached hydrogen (secondary N) is 2. The summed E-state index contributed by atoms with van der Waals surface area (Å²) in [6.07, 6.45) is -0.747. The molecular formula is C25H27N2O6P. The Hall–Kier alpha value is -3.77. The summed E-state index contributed by atoms with van der Waals surface area (Å²) in [4.78, 5) is 24.8. The molecule has 3 rings (SSSR count). The van der Waals surface area contributed by atoms with Gasteiger partial charge in [-0.3, -0.25) is 4.79 Å². The van der Waals surface area contributed by atoms with Crippen molar-refractivity contribution in [3.8, 4) is 11.5 Å². The lowest BCUT2D eigenvalue weighted by molar-refractivity contribution is -0.122. The van der Waals surface area contributed by atoms with Crippen LogP contribution in [-0.2, 0) is 20.7 Å². The Balaban J connectivity index is 1.62. The predicted molar refractivity (Wildman–Crippen MR) is 129 cm³/mol. The minimum Gasteiger partial charge on any atom is -0.445 e. The van der Waals surface area contributed by atoms with E-state index >= 15 is 0 Å². The molecular weight excluding hydrogens is 455 g/mol. The topological polar surface area (TPSA) is 103 Å². The van der Waals surface area contributed by atoms with Crippen LogP contribution in [0.15, 0.2) is 91.0 Å². The molecule has 2 N–H and O–H groups in total. The highest BCUT2D eigenvalue weighted by molar-refractivity contribution is 7.55. The van der Waals surface area contributed by atoms with Gasteiger partial charge in [0.25, 0.3) is 0 Å². The molecule has 0 aliphatic carbocycles. The van der Waals surface area contributed by atoms with Crippen LogP contribution in [0.25, 0.3) is 0 Å². The van der Waals surface area contributed by atoms with Gasteiger partial charge in [-0.15, -0.1) is 0 Å². The average Bonchev–Trinajstić information content (AvgIpc) is 2.84. The number of alkyl carbamates (subject to hydrolysis) is 1. The first kappa shape index (κ1) is 24.9. The number of hydrogen-bond acceptors (Lipinski definition) is 6. The van der Waals surface area contributed by atoms with Crippen LogP contribution in [0.3, 0.4) is 0 Å². The summed E-state index contributed by atoms with van der Waals surface area (Å²) in [6, 6.07) is 25.3. The molecule has 178 valence electrons. The first-order chi connectivity index (χ1) is 16.4. The van der Waals surface area contributed by atoms with Gasteiger partial charge in [0.2, 0.25) is 5.91 Å². The van der Waals surface area contributed by atoms with Crippen molar-refractivity contribution < 1.29 is 27.9 Å². The van der Waals surface area contributed by atoms with Gasteiger partial charge in [0, 0.05) is 0 Å². The number of hydrogen-bond donors (Lipinski definition) is 2. The molecule has 3 aromatic carbocycles. The Morgan fingerprint density at radius 1 is 0.765 bits per heavy atom. The summed E-state index contributed by atoms with van der Waals surface area (Å²) in [5.74, 6) is -0.931. The second kappa shape index (κ2) is 11.9. The summed E-state index contributed by atoms with van der Waals surface area (Å²) in [5, 5.41) is 5.08. The summed E-state index contributed by atoms with van der Waals surface area (Å²) in [7, 11) is -3.91. The fraction of sp³-hybridized carbons (Fsp3) is 0.200. The molecule has 0 fully saturated rings. The zero-order valence-electron chi connectivity index (χ0n) is 18.9. The van der Waals surface area contributed by atoms with Gasteiger partial charge in [-0.25, -0.2) is 9.36 Å². The molecule has 34 heavy (non-hydrogen) atoms. The normalized spacial score (nSPS) is 12.6. The maximum Gasteiger partial charge on any atom is 0.452 e. The monoisotopic (exact) mass is 482 g/mol. The van der Waals surface area contributed by atoms with Crippen LogP contribution in [0, 0.1) is 0 Å². The molecule has 0 saturated carbocycles. The van der Waals surface area contributed by atoms with Gasteiger partial charge in [-0.1, -0.05) is 66.7 Å². The average molecular weight is 482 g/mol. The van der Waals surface area contributed by atoms with Crippen molar-refractivity contribution in [2.24, 2.45) is 0 Å². The Kier molecular flexibility index (Phi) is 8.71. The Bertz CT molecular complexity index is 1070. The van der Waals surface area contributed by atoms with Crippen molar-refractivity contribution in [1.82, 2.24) is 10.6 Å². The zero-order valence-corrected chi connectivity index (χ0v) is 19.8. The molecule has 0 aromatic heterocycles. The fourth-order valence-electron chi connectivity index (χ4n) is 2.85. The molecule has 8 nitrogen and oxygen atoms in total. The fourth-order valence-corrected chi connectivity index (χ4v) is 4.32. The first-order valence-corrected chi connectivity index (χ1v) is 12.3. The van der Waals surface area contributed by atoms with E-state index in [1.54, 1.807) is 60.7 Å². The van der Waals surface area contributed by atoms with Crippen LogP contribution in [0.1, 0.15) is 19.4 Å². The Labute approximate surface area is 198 Å². The van der Waals surface area contributed by atoms with Crippen molar-refractivity contribution in [3.05, 3.63) is 96.6 Å². The van der Waals surface area contributed by atoms with Crippen LogP contribution >= 0.6 is 7.60 Å². The predicted octanol–water partition coefficient (Wildman–Crippen LogP) is 5.11. The highest BCUT2D eigenvalue weighted by Crippen LogP contribution is 2.51. The molecule has 0 spiro atoms. The number of amides is 2. The minimum atomic E-state index is -3.91. The summed E-state index contributed by atoms with van der Waals surface area (Å²) in [6.45, 7) is 3.08. The summed E-state index contributed by atoms with van der Waals surface area (Å²) < 4.78 is 30.3. The lowest BCUT2D eigenvalue weighted by Gasteiger charge is -2.26. The van der Waals surface area contributed by atoms with Crippen molar-refractivity contribution >= 4 is 19.6 Å². The maximum atomic E-state index is 13.7. The highest BCUT2D eigenvalue weighted by Gasteiger charge is 2.38. The molecule has 2 amide bonds. The van der Waals surface area contributed by atoms with Gasteiger partial charge in [0.05, 0.1) is 0 Å². The number of carbonyl (C=O) groups excluding carboxylic acids is 2. The maximum absolute atomic E-state index is 13.7. The van der Waals surface area contributed by atoms with Gasteiger partial charge < -0.3 is 24.4 Å². The zero-order chi connectivity index (χ0) is 24.4. The van der Waals surface area contributed by atoms with E-state index in [2.05, 4.69) is 10.6 Å². The molecule has 0 saturated heterocycles. The van der Waals surface area contributed by atoms with Crippen molar-refractivity contribution in [1.29, 1.82) is 0 Å². The van der Waals surface area contributed by atoms with Crippen molar-refractivity contribution in [2.75, 3.05) is 0 Å². The molecule has 0 radical (unpaired) electrons. The lowest BCUT2D eigenvalue weighted by Crippen LogP contribution is -2.48. The van der Waals surface area contributed by atoms with Gasteiger partial charge in [0.1, 0.15) is 24.1 Å². The van der Waals surface area contributed by atoms with Crippen LogP contribution < -0.4 is 19.7 Å². The van der Waals surface area contributed by atoms with Crippen LogP contribution in [0.4, 0.5) is 4.79 Å². The summed E-state index contributed by atoms with van der Waals surface area (Å²) in [5.41, 5.74) is 0.820. The minimum absolute atomic E-state index is 0.0719. The standard InChI is InChI=1S/C25H27N2O6P/c1-19(26-25(29)31-18-21-12-6-3-7-13-21)24(28)27-20(2)34(30,32-22-14-8-4-9-15-22)33-23-16-10-5-11-17-23/h3-17,19-20H,18H2,1-2H3,(H,26,29)(H,27,28). The van der Waals surface area contributed by atoms with Crippen LogP contribution in [0.2, 0.25) is 0 Å². The van der Waals surface area contributed by atoms with E-state index in [0.29, 0.717) is 11.5 Å². The van der Waals surface area contributed by atoms with Crippen molar-refractivity contribution in [3.63, 3.8) is 0 Å². The lowest BCUT2D eigenvalue weighted by atomic mass is 10.2. The van der Waals surface area contributed by atoms with E-state index < -0.39 is 31.4 Å². The molecule has 2 atom stereocenters. The van der Waals surface area contributed by atoms with E-state index in [0.717, 1.165) is 5.56 Å². The van der Waals surface area contributed by atoms with Crippen LogP contribution in [-0.4, -0.2) is 23.8 Å². The third-order valence-corrected chi connectivity index (χ3v) is 6.73. The van der Waals surface area contributed by atoms with E-state index in [4.69, 9.17) is 13.8 Å². The van der Waals surface area contributed by atoms with Gasteiger partial charge in [-0.2, -0.15) is 0 Å². The molecule has 0 aliphatic heterocycles. The van der Waals surface area contributed by atoms with E-state index in [9.17, 15) is 14.2 Å². The number of carbonyl (C=O) groups is 2. The molecule has 2 unspecified atom stereocenters. The van der Waals surface area contributed by atoms with E-state index in [-0.39, 0.29) is 6.61 Å². The summed E-state index contributed by atoms with van der Waals surface area (Å²) >= 11 is 0. The second-order valence-corrected chi connectivity index (χ2v) is 9.68. The number of ether oxygens (including phenoxy) is 1. The van der Waals surface area contributed by atoms with Crippen LogP contribution in [0.5, 0.6) is 11.5 Å². The quantitative estimate of drug-likeness (QED) is 0.389. The van der Waals surface area contributed by atoms with E-state index in [1.807, 2.05) is 30.3 Å². The number of rotatable bonds is 10. The Morgan fingerprint density at radius 2 is 1.24 bits per heavy atom. The Morgan fingerprint density at radius 3 is 1.74 bits per heavy atom. The molecule has 0 heterocycles. The molecule has 3 aromatic rings. The van der Waals surface area contributed by atoms with E-state index in [1.165, 1.54) is 13.8 Å². The molecule has 0 aliphatic rings. The highest BCUT2D eigenvalue weighted by atomic mass is 31.2. The van der Waals surface area contributed by atoms with Gasteiger partial charge in [-0.05, 0) is 43.7 Å². The third-order valence-electron chi connectivity index (χ3n) is 4.72. The first-order valence-electron chi connectivity index (χ1n) is 10.7. The van der Waals surface area contributed by atoms with Gasteiger partial charge in [0.15, 0.2) is 5.78 Å². The third kappa shape index (κ3) is 7.39. The molecule has 0 bridgehead atoms. The van der Waals surface area contributed by atoms with Gasteiger partial charge >= 0.3 is 13.7 Å². The number of para-hydroxylation sites is 2. The SMILES string of the molecule is CC(NC(=O)OCc1ccccc1)C(=O)NC(C)P(=O)(Oc1ccccc1)Oc1ccccc1. The van der Waals surface area contributed by atoms with Crippen molar-refractivity contribution in [2.45, 2.75) is 32.3 Å². The largest absolute Gasteiger partial charge is 0.452 e.